The first-order valence-electron chi connectivity index (χ1n) is 5.56. The first kappa shape index (κ1) is 13.9. The van der Waals surface area contributed by atoms with E-state index >= 15 is 0 Å². The minimum absolute atomic E-state index is 0.152. The molecule has 0 amide bonds. The fourth-order valence-electron chi connectivity index (χ4n) is 1.51. The van der Waals surface area contributed by atoms with Gasteiger partial charge in [-0.15, -0.1) is 0 Å². The molecule has 0 saturated carbocycles. The number of aryl methyl sites for hydroxylation is 2. The van der Waals surface area contributed by atoms with Crippen LogP contribution in [0.25, 0.3) is 0 Å². The van der Waals surface area contributed by atoms with Gasteiger partial charge in [0.05, 0.1) is 12.1 Å². The minimum atomic E-state index is -0.770. The molecule has 0 aromatic carbocycles. The van der Waals surface area contributed by atoms with Crippen LogP contribution in [0.2, 0.25) is 0 Å². The zero-order valence-electron chi connectivity index (χ0n) is 11.0. The van der Waals surface area contributed by atoms with E-state index in [1.165, 1.54) is 17.7 Å². The monoisotopic (exact) mass is 240 g/mol. The summed E-state index contributed by atoms with van der Waals surface area (Å²) in [5.74, 6) is 0.598. The molecular weight excluding hydrogens is 220 g/mol. The fourth-order valence-corrected chi connectivity index (χ4v) is 1.51. The maximum atomic E-state index is 11.8. The average molecular weight is 240 g/mol. The van der Waals surface area contributed by atoms with Crippen LogP contribution >= 0.6 is 0 Å². The largest absolute Gasteiger partial charge is 0.388 e. The van der Waals surface area contributed by atoms with Crippen molar-refractivity contribution in [2.45, 2.75) is 45.9 Å². The smallest absolute Gasteiger partial charge is 0.253 e. The number of rotatable bonds is 4. The van der Waals surface area contributed by atoms with Crippen LogP contribution in [0.4, 0.5) is 0 Å². The lowest BCUT2D eigenvalue weighted by atomic mass is 10.0. The molecule has 0 aliphatic heterocycles. The molecular formula is C12H20N2O3. The summed E-state index contributed by atoms with van der Waals surface area (Å²) in [5.41, 5.74) is -0.165. The normalized spacial score (nSPS) is 13.8. The van der Waals surface area contributed by atoms with Gasteiger partial charge in [0.15, 0.2) is 0 Å². The van der Waals surface area contributed by atoms with Crippen LogP contribution in [0.5, 0.6) is 0 Å². The highest BCUT2D eigenvalue weighted by atomic mass is 16.5. The highest BCUT2D eigenvalue weighted by molar-refractivity contribution is 5.02. The summed E-state index contributed by atoms with van der Waals surface area (Å²) in [4.78, 5) is 16.0. The Hall–Kier alpha value is -1.20. The van der Waals surface area contributed by atoms with Gasteiger partial charge in [0, 0.05) is 18.9 Å². The molecule has 17 heavy (non-hydrogen) atoms. The first-order chi connectivity index (χ1) is 7.77. The lowest BCUT2D eigenvalue weighted by Gasteiger charge is -2.29. The first-order valence-corrected chi connectivity index (χ1v) is 5.56. The van der Waals surface area contributed by atoms with E-state index in [4.69, 9.17) is 4.74 Å². The summed E-state index contributed by atoms with van der Waals surface area (Å²) >= 11 is 0. The van der Waals surface area contributed by atoms with E-state index in [1.54, 1.807) is 27.7 Å². The molecule has 1 unspecified atom stereocenters. The molecule has 1 rings (SSSR count). The quantitative estimate of drug-likeness (QED) is 0.839. The Morgan fingerprint density at radius 1 is 1.53 bits per heavy atom. The van der Waals surface area contributed by atoms with Gasteiger partial charge in [-0.05, 0) is 27.7 Å². The summed E-state index contributed by atoms with van der Waals surface area (Å²) in [5, 5.41) is 10.0. The molecule has 0 spiro atoms. The van der Waals surface area contributed by atoms with Crippen LogP contribution in [0.15, 0.2) is 10.9 Å². The van der Waals surface area contributed by atoms with Gasteiger partial charge >= 0.3 is 0 Å². The van der Waals surface area contributed by atoms with Crippen LogP contribution in [0, 0.1) is 13.8 Å². The maximum Gasteiger partial charge on any atom is 0.253 e. The zero-order valence-corrected chi connectivity index (χ0v) is 11.0. The lowest BCUT2D eigenvalue weighted by Crippen LogP contribution is -2.43. The number of ether oxygens (including phenoxy) is 1. The molecule has 96 valence electrons. The Kier molecular flexibility index (Phi) is 4.06. The molecule has 5 nitrogen and oxygen atoms in total. The number of hydrogen-bond acceptors (Lipinski definition) is 4. The standard InChI is InChI=1S/C12H20N2O3/c1-8-6-11(16)14(9(2)13-8)7-10(15)12(3,4)17-5/h6,10,15H,7H2,1-5H3. The second-order valence-electron chi connectivity index (χ2n) is 4.72. The molecule has 0 saturated heterocycles. The molecule has 1 heterocycles. The Morgan fingerprint density at radius 3 is 2.59 bits per heavy atom. The van der Waals surface area contributed by atoms with Gasteiger partial charge in [-0.1, -0.05) is 0 Å². The minimum Gasteiger partial charge on any atom is -0.388 e. The highest BCUT2D eigenvalue weighted by Gasteiger charge is 2.28. The topological polar surface area (TPSA) is 64.3 Å². The van der Waals surface area contributed by atoms with Crippen molar-refractivity contribution in [1.29, 1.82) is 0 Å². The van der Waals surface area contributed by atoms with Crippen molar-refractivity contribution in [3.63, 3.8) is 0 Å². The molecule has 5 heteroatoms. The number of aliphatic hydroxyl groups is 1. The van der Waals surface area contributed by atoms with Crippen LogP contribution < -0.4 is 5.56 Å². The summed E-state index contributed by atoms with van der Waals surface area (Å²) in [7, 11) is 1.53. The van der Waals surface area contributed by atoms with E-state index in [-0.39, 0.29) is 12.1 Å². The van der Waals surface area contributed by atoms with Crippen molar-refractivity contribution in [1.82, 2.24) is 9.55 Å². The van der Waals surface area contributed by atoms with Crippen molar-refractivity contribution in [2.75, 3.05) is 7.11 Å². The Balaban J connectivity index is 3.01. The van der Waals surface area contributed by atoms with E-state index in [9.17, 15) is 9.90 Å². The van der Waals surface area contributed by atoms with E-state index in [2.05, 4.69) is 4.98 Å². The van der Waals surface area contributed by atoms with Crippen LogP contribution in [0.3, 0.4) is 0 Å². The van der Waals surface area contributed by atoms with Gasteiger partial charge in [0.1, 0.15) is 11.9 Å². The van der Waals surface area contributed by atoms with Gasteiger partial charge < -0.3 is 9.84 Å². The van der Waals surface area contributed by atoms with Crippen molar-refractivity contribution in [2.24, 2.45) is 0 Å². The highest BCUT2D eigenvalue weighted by Crippen LogP contribution is 2.15. The van der Waals surface area contributed by atoms with Crippen LogP contribution in [-0.2, 0) is 11.3 Å². The van der Waals surface area contributed by atoms with E-state index in [0.717, 1.165) is 0 Å². The van der Waals surface area contributed by atoms with Gasteiger partial charge in [0.2, 0.25) is 0 Å². The molecule has 0 fully saturated rings. The number of nitrogens with zero attached hydrogens (tertiary/aromatic N) is 2. The SMILES string of the molecule is COC(C)(C)C(O)Cn1c(C)nc(C)cc1=O. The Morgan fingerprint density at radius 2 is 2.12 bits per heavy atom. The predicted molar refractivity (Wildman–Crippen MR) is 65.1 cm³/mol. The average Bonchev–Trinajstić information content (AvgIpc) is 2.22. The Labute approximate surface area is 101 Å². The van der Waals surface area contributed by atoms with Crippen molar-refractivity contribution >= 4 is 0 Å². The molecule has 1 aromatic rings. The summed E-state index contributed by atoms with van der Waals surface area (Å²) in [6, 6.07) is 1.46. The van der Waals surface area contributed by atoms with Gasteiger partial charge in [-0.3, -0.25) is 9.36 Å². The third-order valence-electron chi connectivity index (χ3n) is 3.01. The fraction of sp³-hybridized carbons (Fsp3) is 0.667. The van der Waals surface area contributed by atoms with Crippen molar-refractivity contribution < 1.29 is 9.84 Å². The third-order valence-corrected chi connectivity index (χ3v) is 3.01. The summed E-state index contributed by atoms with van der Waals surface area (Å²) < 4.78 is 6.65. The zero-order chi connectivity index (χ0) is 13.2. The lowest BCUT2D eigenvalue weighted by molar-refractivity contribution is -0.0837. The van der Waals surface area contributed by atoms with Crippen molar-refractivity contribution in [3.05, 3.63) is 27.9 Å². The summed E-state index contributed by atoms with van der Waals surface area (Å²) in [6.45, 7) is 7.26. The number of aromatic nitrogens is 2. The number of aliphatic hydroxyl groups excluding tert-OH is 1. The van der Waals surface area contributed by atoms with Gasteiger partial charge in [-0.2, -0.15) is 0 Å². The second kappa shape index (κ2) is 4.98. The second-order valence-corrected chi connectivity index (χ2v) is 4.72. The number of hydrogen-bond donors (Lipinski definition) is 1. The van der Waals surface area contributed by atoms with Crippen molar-refractivity contribution in [3.8, 4) is 0 Å². The van der Waals surface area contributed by atoms with E-state index in [0.29, 0.717) is 11.5 Å². The molecule has 0 aliphatic carbocycles. The maximum absolute atomic E-state index is 11.8. The molecule has 0 aliphatic rings. The van der Waals surface area contributed by atoms with Crippen LogP contribution in [-0.4, -0.2) is 33.5 Å². The summed E-state index contributed by atoms with van der Waals surface area (Å²) in [6.07, 6.45) is -0.770. The molecule has 1 aromatic heterocycles. The van der Waals surface area contributed by atoms with Crippen LogP contribution in [0.1, 0.15) is 25.4 Å². The predicted octanol–water partition coefficient (Wildman–Crippen LogP) is 0.646. The van der Waals surface area contributed by atoms with Gasteiger partial charge in [0.25, 0.3) is 5.56 Å². The molecule has 1 N–H and O–H groups in total. The van der Waals surface area contributed by atoms with Gasteiger partial charge in [-0.25, -0.2) is 4.98 Å². The number of methoxy groups -OCH3 is 1. The van der Waals surface area contributed by atoms with E-state index < -0.39 is 11.7 Å². The molecule has 0 radical (unpaired) electrons. The van der Waals surface area contributed by atoms with E-state index in [1.807, 2.05) is 0 Å². The Bertz CT molecular complexity index is 452. The molecule has 0 bridgehead atoms. The molecule has 1 atom stereocenters. The third kappa shape index (κ3) is 3.14.